The number of benzene rings is 1. The predicted octanol–water partition coefficient (Wildman–Crippen LogP) is 0.101. The van der Waals surface area contributed by atoms with Gasteiger partial charge < -0.3 is 15.1 Å². The third-order valence-electron chi connectivity index (χ3n) is 4.14. The zero-order chi connectivity index (χ0) is 17.0. The van der Waals surface area contributed by atoms with Crippen LogP contribution in [0.4, 0.5) is 18.9 Å². The van der Waals surface area contributed by atoms with E-state index in [1.807, 2.05) is 0 Å². The van der Waals surface area contributed by atoms with Gasteiger partial charge in [0, 0.05) is 0 Å². The zero-order valence-corrected chi connectivity index (χ0v) is 13.7. The molecular weight excluding hydrogens is 331 g/mol. The van der Waals surface area contributed by atoms with Crippen molar-refractivity contribution in [2.45, 2.75) is 13.1 Å². The van der Waals surface area contributed by atoms with Gasteiger partial charge in [-0.1, -0.05) is 11.6 Å². The number of nitrogens with one attached hydrogen (secondary N) is 3. The van der Waals surface area contributed by atoms with Gasteiger partial charge in [0.2, 0.25) is 0 Å². The van der Waals surface area contributed by atoms with Crippen LogP contribution in [-0.4, -0.2) is 45.2 Å². The normalized spacial score (nSPS) is 22.0. The molecule has 23 heavy (non-hydrogen) atoms. The van der Waals surface area contributed by atoms with E-state index < -0.39 is 11.7 Å². The molecule has 1 heterocycles. The van der Waals surface area contributed by atoms with Crippen LogP contribution in [0.1, 0.15) is 12.5 Å². The Morgan fingerprint density at radius 2 is 1.83 bits per heavy atom. The van der Waals surface area contributed by atoms with E-state index in [0.717, 1.165) is 55.8 Å². The largest absolute Gasteiger partial charge is 0.416 e. The van der Waals surface area contributed by atoms with Gasteiger partial charge in [-0.2, -0.15) is 13.2 Å². The maximum Gasteiger partial charge on any atom is 0.416 e. The van der Waals surface area contributed by atoms with Gasteiger partial charge >= 0.3 is 6.18 Å². The summed E-state index contributed by atoms with van der Waals surface area (Å²) in [4.78, 5) is 14.7. The minimum absolute atomic E-state index is 0.00344. The molecule has 0 aromatic heterocycles. The van der Waals surface area contributed by atoms with Gasteiger partial charge in [-0.3, -0.25) is 4.79 Å². The Bertz CT molecular complexity index is 557. The maximum absolute atomic E-state index is 12.7. The molecule has 1 amide bonds. The van der Waals surface area contributed by atoms with Crippen molar-refractivity contribution in [2.24, 2.45) is 0 Å². The highest BCUT2D eigenvalue weighted by atomic mass is 35.5. The van der Waals surface area contributed by atoms with Crippen molar-refractivity contribution < 1.29 is 27.8 Å². The summed E-state index contributed by atoms with van der Waals surface area (Å²) in [5.41, 5.74) is -0.826. The van der Waals surface area contributed by atoms with Crippen LogP contribution < -0.4 is 15.1 Å². The van der Waals surface area contributed by atoms with E-state index in [4.69, 9.17) is 11.6 Å². The molecule has 1 saturated heterocycles. The minimum Gasteiger partial charge on any atom is -0.326 e. The first-order valence-corrected chi connectivity index (χ1v) is 8.01. The highest BCUT2D eigenvalue weighted by Gasteiger charge is 2.31. The summed E-state index contributed by atoms with van der Waals surface area (Å²) in [6.07, 6.45) is -4.46. The zero-order valence-electron chi connectivity index (χ0n) is 12.9. The molecule has 0 radical (unpaired) electrons. The number of halogens is 4. The van der Waals surface area contributed by atoms with Gasteiger partial charge in [-0.15, -0.1) is 0 Å². The number of piperazine rings is 1. The van der Waals surface area contributed by atoms with Crippen LogP contribution in [-0.2, 0) is 11.0 Å². The number of rotatable bonds is 4. The number of hydrogen-bond acceptors (Lipinski definition) is 1. The Morgan fingerprint density at radius 1 is 1.22 bits per heavy atom. The molecule has 0 unspecified atom stereocenters. The van der Waals surface area contributed by atoms with Crippen molar-refractivity contribution in [1.29, 1.82) is 0 Å². The average Bonchev–Trinajstić information content (AvgIpc) is 2.49. The van der Waals surface area contributed by atoms with E-state index in [-0.39, 0.29) is 23.2 Å². The lowest BCUT2D eigenvalue weighted by Gasteiger charge is -2.28. The topological polar surface area (TPSA) is 38.0 Å². The second-order valence-electron chi connectivity index (χ2n) is 5.77. The molecule has 1 aliphatic rings. The molecule has 2 rings (SSSR count). The molecule has 0 bridgehead atoms. The quantitative estimate of drug-likeness (QED) is 0.707. The van der Waals surface area contributed by atoms with E-state index in [9.17, 15) is 18.0 Å². The molecule has 128 valence electrons. The molecule has 0 saturated carbocycles. The first-order valence-electron chi connectivity index (χ1n) is 7.63. The number of carbonyl (C=O) groups is 1. The van der Waals surface area contributed by atoms with Crippen LogP contribution in [0.25, 0.3) is 0 Å². The lowest BCUT2D eigenvalue weighted by molar-refractivity contribution is -1.01. The van der Waals surface area contributed by atoms with E-state index in [1.165, 1.54) is 4.90 Å². The van der Waals surface area contributed by atoms with Gasteiger partial charge in [-0.05, 0) is 25.1 Å². The smallest absolute Gasteiger partial charge is 0.326 e. The molecule has 4 nitrogen and oxygen atoms in total. The van der Waals surface area contributed by atoms with Crippen molar-refractivity contribution in [3.8, 4) is 0 Å². The summed E-state index contributed by atoms with van der Waals surface area (Å²) >= 11 is 5.88. The number of carbonyl (C=O) groups excluding carboxylic acids is 1. The Balaban J connectivity index is 1.95. The SMILES string of the molecule is CC[NH+]1CC[NH+](CC(=O)Nc2cc(C(F)(F)F)ccc2Cl)CC1. The van der Waals surface area contributed by atoms with Crippen LogP contribution in [0.5, 0.6) is 0 Å². The maximum atomic E-state index is 12.7. The fraction of sp³-hybridized carbons (Fsp3) is 0.533. The molecule has 1 fully saturated rings. The van der Waals surface area contributed by atoms with Crippen LogP contribution >= 0.6 is 11.6 Å². The van der Waals surface area contributed by atoms with Gasteiger partial charge in [0.05, 0.1) is 22.8 Å². The van der Waals surface area contributed by atoms with Crippen molar-refractivity contribution in [3.05, 3.63) is 28.8 Å². The van der Waals surface area contributed by atoms with Crippen LogP contribution in [0, 0.1) is 0 Å². The summed E-state index contributed by atoms with van der Waals surface area (Å²) in [6, 6.07) is 2.92. The van der Waals surface area contributed by atoms with Gasteiger partial charge in [0.25, 0.3) is 5.91 Å². The average molecular weight is 352 g/mol. The standard InChI is InChI=1S/C15H19ClF3N3O/c1-2-21-5-7-22(8-6-21)10-14(23)20-13-9-11(15(17,18)19)3-4-12(13)16/h3-4,9H,2,5-8,10H2,1H3,(H,20,23)/p+2. The summed E-state index contributed by atoms with van der Waals surface area (Å²) in [7, 11) is 0. The third-order valence-corrected chi connectivity index (χ3v) is 4.47. The molecule has 0 aliphatic carbocycles. The number of anilines is 1. The number of likely N-dealkylation sites (N-methyl/N-ethyl adjacent to an activating group) is 1. The van der Waals surface area contributed by atoms with Gasteiger partial charge in [-0.25, -0.2) is 0 Å². The van der Waals surface area contributed by atoms with Gasteiger partial charge in [0.15, 0.2) is 6.54 Å². The number of alkyl halides is 3. The lowest BCUT2D eigenvalue weighted by Crippen LogP contribution is -3.28. The Morgan fingerprint density at radius 3 is 2.39 bits per heavy atom. The van der Waals surface area contributed by atoms with E-state index in [1.54, 1.807) is 0 Å². The Kier molecular flexibility index (Phi) is 5.89. The summed E-state index contributed by atoms with van der Waals surface area (Å²) < 4.78 is 38.2. The predicted molar refractivity (Wildman–Crippen MR) is 81.9 cm³/mol. The molecule has 1 aromatic rings. The molecule has 0 spiro atoms. The van der Waals surface area contributed by atoms with E-state index in [0.29, 0.717) is 0 Å². The molecule has 0 atom stereocenters. The fourth-order valence-corrected chi connectivity index (χ4v) is 2.87. The second-order valence-corrected chi connectivity index (χ2v) is 6.18. The molecule has 1 aromatic carbocycles. The van der Waals surface area contributed by atoms with Crippen molar-refractivity contribution in [3.63, 3.8) is 0 Å². The molecule has 3 N–H and O–H groups in total. The van der Waals surface area contributed by atoms with Crippen LogP contribution in [0.15, 0.2) is 18.2 Å². The monoisotopic (exact) mass is 351 g/mol. The fourth-order valence-electron chi connectivity index (χ4n) is 2.71. The number of quaternary nitrogens is 2. The Labute approximate surface area is 138 Å². The summed E-state index contributed by atoms with van der Waals surface area (Å²) in [6.45, 7) is 7.21. The third kappa shape index (κ3) is 5.09. The Hall–Kier alpha value is -1.31. The van der Waals surface area contributed by atoms with Crippen LogP contribution in [0.2, 0.25) is 5.02 Å². The number of amides is 1. The summed E-state index contributed by atoms with van der Waals surface area (Å²) in [5, 5.41) is 2.60. The first-order chi connectivity index (χ1) is 10.8. The lowest BCUT2D eigenvalue weighted by atomic mass is 10.2. The second kappa shape index (κ2) is 7.51. The van der Waals surface area contributed by atoms with Crippen molar-refractivity contribution >= 4 is 23.2 Å². The van der Waals surface area contributed by atoms with Crippen molar-refractivity contribution in [1.82, 2.24) is 0 Å². The summed E-state index contributed by atoms with van der Waals surface area (Å²) in [5.74, 6) is -0.318. The highest BCUT2D eigenvalue weighted by molar-refractivity contribution is 6.33. The van der Waals surface area contributed by atoms with E-state index >= 15 is 0 Å². The minimum atomic E-state index is -4.46. The van der Waals surface area contributed by atoms with Gasteiger partial charge in [0.1, 0.15) is 26.2 Å². The van der Waals surface area contributed by atoms with Crippen LogP contribution in [0.3, 0.4) is 0 Å². The number of hydrogen-bond donors (Lipinski definition) is 3. The van der Waals surface area contributed by atoms with E-state index in [2.05, 4.69) is 12.2 Å². The molecule has 1 aliphatic heterocycles. The van der Waals surface area contributed by atoms with Crippen molar-refractivity contribution in [2.75, 3.05) is 44.6 Å². The highest BCUT2D eigenvalue weighted by Crippen LogP contribution is 2.33. The molecular formula is C15H21ClF3N3O+2. The first kappa shape index (κ1) is 18.0. The molecule has 8 heteroatoms.